The number of hydrogen-bond acceptors (Lipinski definition) is 4. The van der Waals surface area contributed by atoms with E-state index in [-0.39, 0.29) is 23.8 Å². The van der Waals surface area contributed by atoms with Crippen LogP contribution in [-0.2, 0) is 6.42 Å². The second kappa shape index (κ2) is 8.38. The molecular formula is C26H23N3O3. The largest absolute Gasteiger partial charge is 0.330 e. The molecular weight excluding hydrogens is 402 g/mol. The number of fused-ring (bicyclic) bond motifs is 1. The maximum absolute atomic E-state index is 13.3. The molecule has 3 amide bonds. The van der Waals surface area contributed by atoms with Crippen LogP contribution in [0.15, 0.2) is 72.9 Å². The van der Waals surface area contributed by atoms with Gasteiger partial charge in [0.25, 0.3) is 17.7 Å². The van der Waals surface area contributed by atoms with Crippen molar-refractivity contribution in [3.05, 3.63) is 101 Å². The Kier molecular flexibility index (Phi) is 5.27. The SMILES string of the molecule is O=C1c2ccc(C(=O)N3CCCC3c3ccccn3)cc2C(=O)N1CCc1ccccc1. The minimum Gasteiger partial charge on any atom is -0.330 e. The molecule has 0 radical (unpaired) electrons. The highest BCUT2D eigenvalue weighted by Crippen LogP contribution is 2.33. The van der Waals surface area contributed by atoms with Crippen LogP contribution in [0.2, 0.25) is 0 Å². The second-order valence-electron chi connectivity index (χ2n) is 8.17. The Bertz CT molecular complexity index is 1180. The van der Waals surface area contributed by atoms with Crippen LogP contribution in [0, 0.1) is 0 Å². The Hall–Kier alpha value is -3.80. The highest BCUT2D eigenvalue weighted by atomic mass is 16.2. The summed E-state index contributed by atoms with van der Waals surface area (Å²) < 4.78 is 0. The number of carbonyl (C=O) groups is 3. The summed E-state index contributed by atoms with van der Waals surface area (Å²) in [5.41, 5.74) is 3.04. The number of amides is 3. The lowest BCUT2D eigenvalue weighted by Crippen LogP contribution is -2.32. The summed E-state index contributed by atoms with van der Waals surface area (Å²) >= 11 is 0. The fourth-order valence-electron chi connectivity index (χ4n) is 4.57. The molecule has 2 aliphatic rings. The normalized spacial score (nSPS) is 17.7. The zero-order valence-electron chi connectivity index (χ0n) is 17.6. The van der Waals surface area contributed by atoms with Gasteiger partial charge >= 0.3 is 0 Å². The number of imide groups is 1. The summed E-state index contributed by atoms with van der Waals surface area (Å²) in [7, 11) is 0. The smallest absolute Gasteiger partial charge is 0.261 e. The maximum Gasteiger partial charge on any atom is 0.261 e. The first kappa shape index (κ1) is 20.1. The van der Waals surface area contributed by atoms with E-state index < -0.39 is 0 Å². The monoisotopic (exact) mass is 425 g/mol. The number of rotatable bonds is 5. The minimum absolute atomic E-state index is 0.0725. The molecule has 5 rings (SSSR count). The van der Waals surface area contributed by atoms with E-state index in [0.29, 0.717) is 36.2 Å². The van der Waals surface area contributed by atoms with E-state index in [4.69, 9.17) is 0 Å². The quantitative estimate of drug-likeness (QED) is 0.582. The molecule has 0 aliphatic carbocycles. The van der Waals surface area contributed by atoms with Gasteiger partial charge in [0.1, 0.15) is 0 Å². The molecule has 0 N–H and O–H groups in total. The number of hydrogen-bond donors (Lipinski definition) is 0. The lowest BCUT2D eigenvalue weighted by molar-refractivity contribution is 0.0655. The third-order valence-corrected chi connectivity index (χ3v) is 6.23. The van der Waals surface area contributed by atoms with Gasteiger partial charge in [-0.15, -0.1) is 0 Å². The first-order valence-corrected chi connectivity index (χ1v) is 10.9. The van der Waals surface area contributed by atoms with Crippen LogP contribution >= 0.6 is 0 Å². The zero-order chi connectivity index (χ0) is 22.1. The zero-order valence-corrected chi connectivity index (χ0v) is 17.6. The number of likely N-dealkylation sites (tertiary alicyclic amines) is 1. The first-order valence-electron chi connectivity index (χ1n) is 10.9. The summed E-state index contributed by atoms with van der Waals surface area (Å²) in [4.78, 5) is 46.6. The van der Waals surface area contributed by atoms with Crippen LogP contribution in [0.25, 0.3) is 0 Å². The van der Waals surface area contributed by atoms with Gasteiger partial charge in [-0.2, -0.15) is 0 Å². The standard InChI is InChI=1S/C26H23N3O3/c30-24(28-15-6-10-23(28)22-9-4-5-14-27-22)19-11-12-20-21(17-19)26(32)29(25(20)31)16-13-18-7-2-1-3-8-18/h1-5,7-9,11-12,14,17,23H,6,10,13,15-16H2. The molecule has 1 saturated heterocycles. The molecule has 6 heteroatoms. The average molecular weight is 425 g/mol. The summed E-state index contributed by atoms with van der Waals surface area (Å²) in [5.74, 6) is -0.769. The molecule has 3 aromatic rings. The predicted octanol–water partition coefficient (Wildman–Crippen LogP) is 3.90. The van der Waals surface area contributed by atoms with Crippen molar-refractivity contribution < 1.29 is 14.4 Å². The highest BCUT2D eigenvalue weighted by molar-refractivity contribution is 6.22. The van der Waals surface area contributed by atoms with Crippen molar-refractivity contribution in [3.8, 4) is 0 Å². The third kappa shape index (κ3) is 3.58. The van der Waals surface area contributed by atoms with Gasteiger partial charge in [-0.1, -0.05) is 36.4 Å². The molecule has 6 nitrogen and oxygen atoms in total. The number of pyridine rings is 1. The maximum atomic E-state index is 13.3. The van der Waals surface area contributed by atoms with E-state index in [1.807, 2.05) is 53.4 Å². The summed E-state index contributed by atoms with van der Waals surface area (Å²) in [6.07, 6.45) is 4.10. The van der Waals surface area contributed by atoms with Crippen molar-refractivity contribution >= 4 is 17.7 Å². The predicted molar refractivity (Wildman–Crippen MR) is 119 cm³/mol. The summed E-state index contributed by atoms with van der Waals surface area (Å²) in [6.45, 7) is 0.959. The van der Waals surface area contributed by atoms with Crippen molar-refractivity contribution in [1.82, 2.24) is 14.8 Å². The summed E-state index contributed by atoms with van der Waals surface area (Å²) in [6, 6.07) is 20.2. The Balaban J connectivity index is 1.36. The molecule has 0 spiro atoms. The minimum atomic E-state index is -0.335. The third-order valence-electron chi connectivity index (χ3n) is 6.23. The van der Waals surface area contributed by atoms with Gasteiger partial charge in [-0.3, -0.25) is 24.3 Å². The van der Waals surface area contributed by atoms with Gasteiger partial charge in [-0.05, 0) is 55.2 Å². The number of carbonyl (C=O) groups excluding carboxylic acids is 3. The van der Waals surface area contributed by atoms with Crippen LogP contribution < -0.4 is 0 Å². The van der Waals surface area contributed by atoms with E-state index in [2.05, 4.69) is 4.98 Å². The second-order valence-corrected chi connectivity index (χ2v) is 8.17. The number of nitrogens with zero attached hydrogens (tertiary/aromatic N) is 3. The van der Waals surface area contributed by atoms with Crippen LogP contribution in [0.4, 0.5) is 0 Å². The lowest BCUT2D eigenvalue weighted by Gasteiger charge is -2.24. The molecule has 32 heavy (non-hydrogen) atoms. The van der Waals surface area contributed by atoms with E-state index in [1.54, 1.807) is 24.4 Å². The number of aromatic nitrogens is 1. The topological polar surface area (TPSA) is 70.6 Å². The van der Waals surface area contributed by atoms with Crippen LogP contribution in [0.3, 0.4) is 0 Å². The van der Waals surface area contributed by atoms with Crippen molar-refractivity contribution in [3.63, 3.8) is 0 Å². The fourth-order valence-corrected chi connectivity index (χ4v) is 4.57. The van der Waals surface area contributed by atoms with Crippen LogP contribution in [0.5, 0.6) is 0 Å². The molecule has 2 aliphatic heterocycles. The molecule has 0 saturated carbocycles. The Morgan fingerprint density at radius 3 is 2.50 bits per heavy atom. The van der Waals surface area contributed by atoms with E-state index in [1.165, 1.54) is 4.90 Å². The highest BCUT2D eigenvalue weighted by Gasteiger charge is 2.37. The van der Waals surface area contributed by atoms with Gasteiger partial charge < -0.3 is 4.90 Å². The van der Waals surface area contributed by atoms with E-state index >= 15 is 0 Å². The first-order chi connectivity index (χ1) is 15.6. The van der Waals surface area contributed by atoms with Gasteiger partial charge in [0.2, 0.25) is 0 Å². The Morgan fingerprint density at radius 2 is 1.72 bits per heavy atom. The summed E-state index contributed by atoms with van der Waals surface area (Å²) in [5, 5.41) is 0. The van der Waals surface area contributed by atoms with Gasteiger partial charge in [0.15, 0.2) is 0 Å². The molecule has 2 aromatic carbocycles. The Labute approximate surface area is 186 Å². The molecule has 3 heterocycles. The molecule has 1 aromatic heterocycles. The molecule has 1 atom stereocenters. The molecule has 160 valence electrons. The van der Waals surface area contributed by atoms with Crippen molar-refractivity contribution in [2.45, 2.75) is 25.3 Å². The average Bonchev–Trinajstić information content (AvgIpc) is 3.42. The Morgan fingerprint density at radius 1 is 0.938 bits per heavy atom. The van der Waals surface area contributed by atoms with E-state index in [9.17, 15) is 14.4 Å². The van der Waals surface area contributed by atoms with Gasteiger partial charge in [-0.25, -0.2) is 0 Å². The van der Waals surface area contributed by atoms with Crippen LogP contribution in [-0.4, -0.2) is 45.6 Å². The molecule has 1 unspecified atom stereocenters. The number of benzene rings is 2. The lowest BCUT2D eigenvalue weighted by atomic mass is 10.0. The van der Waals surface area contributed by atoms with Crippen molar-refractivity contribution in [2.75, 3.05) is 13.1 Å². The molecule has 0 bridgehead atoms. The van der Waals surface area contributed by atoms with Crippen molar-refractivity contribution in [2.24, 2.45) is 0 Å². The van der Waals surface area contributed by atoms with E-state index in [0.717, 1.165) is 24.1 Å². The van der Waals surface area contributed by atoms with Gasteiger partial charge in [0, 0.05) is 24.8 Å². The fraction of sp³-hybridized carbons (Fsp3) is 0.231. The van der Waals surface area contributed by atoms with Crippen molar-refractivity contribution in [1.29, 1.82) is 0 Å². The van der Waals surface area contributed by atoms with Crippen LogP contribution in [0.1, 0.15) is 61.2 Å². The van der Waals surface area contributed by atoms with Gasteiger partial charge in [0.05, 0.1) is 22.9 Å². The molecule has 1 fully saturated rings.